The molecule has 0 aliphatic heterocycles. The van der Waals surface area contributed by atoms with Crippen LogP contribution >= 0.6 is 0 Å². The molecule has 0 fully saturated rings. The summed E-state index contributed by atoms with van der Waals surface area (Å²) >= 11 is 2.64. The molecule has 1 nitrogen and oxygen atoms in total. The van der Waals surface area contributed by atoms with Crippen LogP contribution in [0.2, 0.25) is 5.02 Å². The fourth-order valence-electron chi connectivity index (χ4n) is 0.372. The fourth-order valence-corrected chi connectivity index (χ4v) is 0.647. The van der Waals surface area contributed by atoms with E-state index in [0.717, 1.165) is 0 Å². The van der Waals surface area contributed by atoms with E-state index in [1.807, 2.05) is 0 Å². The Morgan fingerprint density at radius 2 is 2.00 bits per heavy atom. The summed E-state index contributed by atoms with van der Waals surface area (Å²) in [5.74, 6) is 0. The van der Waals surface area contributed by atoms with Crippen LogP contribution in [0.4, 0.5) is 0 Å². The van der Waals surface area contributed by atoms with Crippen LogP contribution in [0.15, 0.2) is 0 Å². The van der Waals surface area contributed by atoms with Crippen molar-refractivity contribution in [3.8, 4) is 0 Å². The second-order valence-corrected chi connectivity index (χ2v) is 2.70. The van der Waals surface area contributed by atoms with Crippen molar-refractivity contribution >= 4 is 0 Å². The van der Waals surface area contributed by atoms with E-state index in [1.165, 1.54) is 18.0 Å². The Hall–Kier alpha value is 0.583. The van der Waals surface area contributed by atoms with Gasteiger partial charge in [0.2, 0.25) is 0 Å². The molecule has 0 saturated carbocycles. The molecule has 0 aromatic carbocycles. The Morgan fingerprint density at radius 3 is 2.14 bits per heavy atom. The van der Waals surface area contributed by atoms with Crippen molar-refractivity contribution in [1.29, 1.82) is 0 Å². The van der Waals surface area contributed by atoms with Gasteiger partial charge in [-0.25, -0.2) is 0 Å². The molecule has 0 bridgehead atoms. The summed E-state index contributed by atoms with van der Waals surface area (Å²) in [5, 5.41) is 1.23. The van der Waals surface area contributed by atoms with Crippen LogP contribution in [0.5, 0.6) is 0 Å². The average molecular weight is 187 g/mol. The van der Waals surface area contributed by atoms with E-state index < -0.39 is 0 Å². The van der Waals surface area contributed by atoms with E-state index in [9.17, 15) is 0 Å². The number of rotatable bonds is 3. The van der Waals surface area contributed by atoms with Crippen LogP contribution < -0.4 is 0 Å². The Kier molecular flexibility index (Phi) is 5.13. The minimum absolute atomic E-state index is 1.22. The molecule has 0 aliphatic carbocycles. The fraction of sp³-hybridized carbons (Fsp3) is 1.00. The van der Waals surface area contributed by atoms with E-state index in [2.05, 4.69) is 37.3 Å². The van der Waals surface area contributed by atoms with E-state index in [1.54, 1.807) is 0 Å². The monoisotopic (exact) mass is 188 g/mol. The standard InChI is InChI=1S/C5H12N.Ru/c1-4-5-6(2)3;/h1,4-5H2,2-3H3;. The predicted molar refractivity (Wildman–Crippen MR) is 28.0 cm³/mol. The zero-order valence-electron chi connectivity index (χ0n) is 4.92. The third-order valence-corrected chi connectivity index (χ3v) is 1.34. The van der Waals surface area contributed by atoms with Gasteiger partial charge in [0.15, 0.2) is 0 Å². The molecule has 7 heavy (non-hydrogen) atoms. The van der Waals surface area contributed by atoms with Crippen molar-refractivity contribution in [2.75, 3.05) is 20.6 Å². The molecule has 0 saturated heterocycles. The van der Waals surface area contributed by atoms with Gasteiger partial charge in [-0.05, 0) is 0 Å². The van der Waals surface area contributed by atoms with Gasteiger partial charge in [-0.3, -0.25) is 0 Å². The first-order valence-electron chi connectivity index (χ1n) is 2.46. The molecular weight excluding hydrogens is 175 g/mol. The predicted octanol–water partition coefficient (Wildman–Crippen LogP) is 0.903. The molecule has 0 atom stereocenters. The molecule has 45 valence electrons. The van der Waals surface area contributed by atoms with Gasteiger partial charge < -0.3 is 0 Å². The van der Waals surface area contributed by atoms with Gasteiger partial charge in [-0.15, -0.1) is 0 Å². The van der Waals surface area contributed by atoms with Gasteiger partial charge in [-0.1, -0.05) is 0 Å². The zero-order valence-corrected chi connectivity index (χ0v) is 6.66. The molecule has 0 aromatic heterocycles. The van der Waals surface area contributed by atoms with Gasteiger partial charge in [0.05, 0.1) is 0 Å². The quantitative estimate of drug-likeness (QED) is 0.593. The second kappa shape index (κ2) is 4.74. The first-order valence-corrected chi connectivity index (χ1v) is 3.69. The SMILES string of the molecule is CN(C)CC[CH2][Ru]. The van der Waals surface area contributed by atoms with Gasteiger partial charge in [-0.2, -0.15) is 0 Å². The molecule has 0 N–H and O–H groups in total. The van der Waals surface area contributed by atoms with Crippen LogP contribution in [0.3, 0.4) is 0 Å². The van der Waals surface area contributed by atoms with Crippen molar-refractivity contribution in [3.63, 3.8) is 0 Å². The van der Waals surface area contributed by atoms with Gasteiger partial charge >= 0.3 is 55.3 Å². The topological polar surface area (TPSA) is 3.24 Å². The van der Waals surface area contributed by atoms with Crippen LogP contribution in [-0.4, -0.2) is 25.5 Å². The van der Waals surface area contributed by atoms with Crippen molar-refractivity contribution in [2.45, 2.75) is 11.4 Å². The van der Waals surface area contributed by atoms with Gasteiger partial charge in [0, 0.05) is 0 Å². The first-order chi connectivity index (χ1) is 3.27. The number of hydrogen-bond donors (Lipinski definition) is 0. The van der Waals surface area contributed by atoms with Gasteiger partial charge in [0.25, 0.3) is 0 Å². The third-order valence-electron chi connectivity index (χ3n) is 0.730. The van der Waals surface area contributed by atoms with Crippen LogP contribution in [-0.2, 0) is 18.3 Å². The van der Waals surface area contributed by atoms with Crippen molar-refractivity contribution < 1.29 is 18.3 Å². The maximum absolute atomic E-state index is 2.64. The molecular formula is C5H12NRu. The average Bonchev–Trinajstić information content (AvgIpc) is 1.61. The van der Waals surface area contributed by atoms with Crippen molar-refractivity contribution in [1.82, 2.24) is 4.90 Å². The summed E-state index contributed by atoms with van der Waals surface area (Å²) in [6, 6.07) is 0. The normalized spacial score (nSPS) is 10.3. The molecule has 0 unspecified atom stereocenters. The van der Waals surface area contributed by atoms with Crippen molar-refractivity contribution in [3.05, 3.63) is 0 Å². The molecule has 0 amide bonds. The Balaban J connectivity index is 2.68. The molecule has 2 heteroatoms. The van der Waals surface area contributed by atoms with Crippen molar-refractivity contribution in [2.24, 2.45) is 0 Å². The summed E-state index contributed by atoms with van der Waals surface area (Å²) in [7, 11) is 4.20. The number of hydrogen-bond acceptors (Lipinski definition) is 1. The number of nitrogens with zero attached hydrogens (tertiary/aromatic N) is 1. The Bertz CT molecular complexity index is 37.1. The molecule has 0 heterocycles. The Morgan fingerprint density at radius 1 is 1.43 bits per heavy atom. The van der Waals surface area contributed by atoms with Crippen LogP contribution in [0.25, 0.3) is 0 Å². The summed E-state index contributed by atoms with van der Waals surface area (Å²) < 4.78 is 0. The molecule has 0 spiro atoms. The Labute approximate surface area is 55.8 Å². The third kappa shape index (κ3) is 6.58. The summed E-state index contributed by atoms with van der Waals surface area (Å²) in [4.78, 5) is 2.20. The van der Waals surface area contributed by atoms with Crippen LogP contribution in [0.1, 0.15) is 6.42 Å². The van der Waals surface area contributed by atoms with Crippen LogP contribution in [0, 0.1) is 0 Å². The molecule has 0 aromatic rings. The summed E-state index contributed by atoms with van der Waals surface area (Å²) in [5.41, 5.74) is 0. The zero-order chi connectivity index (χ0) is 5.70. The second-order valence-electron chi connectivity index (χ2n) is 1.83. The molecule has 0 rings (SSSR count). The van der Waals surface area contributed by atoms with E-state index in [4.69, 9.17) is 0 Å². The summed E-state index contributed by atoms with van der Waals surface area (Å²) in [6.07, 6.45) is 1.30. The summed E-state index contributed by atoms with van der Waals surface area (Å²) in [6.45, 7) is 1.22. The van der Waals surface area contributed by atoms with E-state index in [0.29, 0.717) is 0 Å². The molecule has 0 aliphatic rings. The minimum atomic E-state index is 1.22. The van der Waals surface area contributed by atoms with E-state index in [-0.39, 0.29) is 0 Å². The first kappa shape index (κ1) is 7.58. The van der Waals surface area contributed by atoms with E-state index >= 15 is 0 Å². The van der Waals surface area contributed by atoms with Gasteiger partial charge in [0.1, 0.15) is 0 Å². The maximum atomic E-state index is 2.64. The molecule has 0 radical (unpaired) electrons.